The summed E-state index contributed by atoms with van der Waals surface area (Å²) in [6.45, 7) is 7.10. The van der Waals surface area contributed by atoms with Crippen LogP contribution in [0.3, 0.4) is 0 Å². The van der Waals surface area contributed by atoms with Gasteiger partial charge in [0.2, 0.25) is 5.91 Å². The Morgan fingerprint density at radius 1 is 1.36 bits per heavy atom. The molecule has 0 unspecified atom stereocenters. The van der Waals surface area contributed by atoms with E-state index in [1.807, 2.05) is 13.8 Å². The molecule has 6 heteroatoms. The van der Waals surface area contributed by atoms with Crippen molar-refractivity contribution < 1.29 is 9.53 Å². The maximum atomic E-state index is 12.5. The number of aromatic nitrogens is 2. The molecule has 2 aliphatic carbocycles. The molecule has 0 aromatic carbocycles. The Balaban J connectivity index is 1.62. The summed E-state index contributed by atoms with van der Waals surface area (Å²) in [4.78, 5) is 14.8. The van der Waals surface area contributed by atoms with Gasteiger partial charge in [-0.2, -0.15) is 5.10 Å². The Bertz CT molecular complexity index is 587. The second-order valence-corrected chi connectivity index (χ2v) is 7.76. The molecule has 1 heterocycles. The van der Waals surface area contributed by atoms with Crippen molar-refractivity contribution in [1.29, 1.82) is 0 Å². The Hall–Kier alpha value is -1.40. The molecule has 1 spiro atoms. The molecule has 2 saturated carbocycles. The molecule has 0 radical (unpaired) electrons. The minimum absolute atomic E-state index is 0.0286. The van der Waals surface area contributed by atoms with Crippen LogP contribution in [0.4, 0.5) is 5.69 Å². The normalized spacial score (nSPS) is 25.2. The third-order valence-electron chi connectivity index (χ3n) is 6.21. The van der Waals surface area contributed by atoms with Gasteiger partial charge in [-0.15, -0.1) is 0 Å². The second-order valence-electron chi connectivity index (χ2n) is 7.76. The number of ether oxygens (including phenoxy) is 1. The fourth-order valence-electron chi connectivity index (χ4n) is 4.90. The molecule has 3 rings (SSSR count). The van der Waals surface area contributed by atoms with Crippen LogP contribution in [0.2, 0.25) is 0 Å². The van der Waals surface area contributed by atoms with Crippen LogP contribution >= 0.6 is 0 Å². The van der Waals surface area contributed by atoms with Crippen molar-refractivity contribution in [1.82, 2.24) is 15.1 Å². The first-order chi connectivity index (χ1) is 12.0. The highest BCUT2D eigenvalue weighted by Crippen LogP contribution is 2.55. The van der Waals surface area contributed by atoms with Crippen LogP contribution in [0, 0.1) is 19.3 Å². The number of anilines is 1. The van der Waals surface area contributed by atoms with Crippen molar-refractivity contribution in [3.05, 3.63) is 11.4 Å². The first-order valence-corrected chi connectivity index (χ1v) is 9.61. The predicted molar refractivity (Wildman–Crippen MR) is 98.7 cm³/mol. The van der Waals surface area contributed by atoms with Crippen molar-refractivity contribution in [2.45, 2.75) is 71.4 Å². The van der Waals surface area contributed by atoms with Gasteiger partial charge in [-0.1, -0.05) is 19.3 Å². The van der Waals surface area contributed by atoms with Crippen molar-refractivity contribution in [3.63, 3.8) is 0 Å². The van der Waals surface area contributed by atoms with Crippen LogP contribution < -0.4 is 5.32 Å². The largest absolute Gasteiger partial charge is 0.378 e. The third kappa shape index (κ3) is 3.47. The Kier molecular flexibility index (Phi) is 5.49. The molecular weight excluding hydrogens is 316 g/mol. The topological polar surface area (TPSA) is 70.2 Å². The molecule has 2 N–H and O–H groups in total. The van der Waals surface area contributed by atoms with E-state index < -0.39 is 0 Å². The van der Waals surface area contributed by atoms with Crippen molar-refractivity contribution in [3.8, 4) is 0 Å². The lowest BCUT2D eigenvalue weighted by Gasteiger charge is -2.60. The molecule has 0 aliphatic heterocycles. The van der Waals surface area contributed by atoms with Crippen molar-refractivity contribution in [2.75, 3.05) is 25.5 Å². The minimum Gasteiger partial charge on any atom is -0.378 e. The number of likely N-dealkylation sites (N-methyl/N-ethyl adjacent to an activating group) is 1. The SMILES string of the molecule is CCO[C@H]1C[C@H](N(C)CC(=O)Nc2c(C)n[nH]c2C)C12CCCCC2. The van der Waals surface area contributed by atoms with E-state index in [4.69, 9.17) is 4.74 Å². The molecule has 1 aromatic heterocycles. The summed E-state index contributed by atoms with van der Waals surface area (Å²) in [5.41, 5.74) is 2.80. The predicted octanol–water partition coefficient (Wildman–Crippen LogP) is 3.02. The number of nitrogens with one attached hydrogen (secondary N) is 2. The van der Waals surface area contributed by atoms with Crippen LogP contribution in [0.1, 0.15) is 56.8 Å². The summed E-state index contributed by atoms with van der Waals surface area (Å²) in [6.07, 6.45) is 7.77. The maximum absolute atomic E-state index is 12.5. The van der Waals surface area contributed by atoms with Gasteiger partial charge in [-0.25, -0.2) is 0 Å². The van der Waals surface area contributed by atoms with E-state index in [1.54, 1.807) is 0 Å². The highest BCUT2D eigenvalue weighted by molar-refractivity contribution is 5.93. The quantitative estimate of drug-likeness (QED) is 0.829. The lowest BCUT2D eigenvalue weighted by molar-refractivity contribution is -0.179. The molecule has 0 saturated heterocycles. The van der Waals surface area contributed by atoms with Crippen molar-refractivity contribution in [2.24, 2.45) is 5.41 Å². The molecular formula is C19H32N4O2. The molecule has 0 bridgehead atoms. The maximum Gasteiger partial charge on any atom is 0.238 e. The van der Waals surface area contributed by atoms with Crippen LogP contribution in [-0.2, 0) is 9.53 Å². The van der Waals surface area contributed by atoms with Gasteiger partial charge >= 0.3 is 0 Å². The molecule has 1 aromatic rings. The molecule has 2 fully saturated rings. The third-order valence-corrected chi connectivity index (χ3v) is 6.21. The summed E-state index contributed by atoms with van der Waals surface area (Å²) < 4.78 is 6.03. The summed E-state index contributed by atoms with van der Waals surface area (Å²) in [6, 6.07) is 0.446. The van der Waals surface area contributed by atoms with Gasteiger partial charge in [0.05, 0.1) is 29.7 Å². The molecule has 1 amide bonds. The van der Waals surface area contributed by atoms with Crippen LogP contribution in [0.15, 0.2) is 0 Å². The number of H-pyrrole nitrogens is 1. The molecule has 2 aliphatic rings. The number of hydrogen-bond donors (Lipinski definition) is 2. The average molecular weight is 348 g/mol. The van der Waals surface area contributed by atoms with E-state index in [1.165, 1.54) is 32.1 Å². The molecule has 6 nitrogen and oxygen atoms in total. The highest BCUT2D eigenvalue weighted by Gasteiger charge is 2.56. The average Bonchev–Trinajstić information content (AvgIpc) is 2.90. The minimum atomic E-state index is 0.0286. The summed E-state index contributed by atoms with van der Waals surface area (Å²) >= 11 is 0. The van der Waals surface area contributed by atoms with E-state index in [-0.39, 0.29) is 11.3 Å². The van der Waals surface area contributed by atoms with Crippen LogP contribution in [0.5, 0.6) is 0 Å². The zero-order valence-corrected chi connectivity index (χ0v) is 16.0. The monoisotopic (exact) mass is 348 g/mol. The number of carbonyl (C=O) groups excluding carboxylic acids is 1. The van der Waals surface area contributed by atoms with Crippen LogP contribution in [-0.4, -0.2) is 53.3 Å². The van der Waals surface area contributed by atoms with Gasteiger partial charge in [0, 0.05) is 18.1 Å². The molecule has 25 heavy (non-hydrogen) atoms. The van der Waals surface area contributed by atoms with Gasteiger partial charge in [0.15, 0.2) is 0 Å². The lowest BCUT2D eigenvalue weighted by atomic mass is 9.54. The number of rotatable bonds is 6. The fourth-order valence-corrected chi connectivity index (χ4v) is 4.90. The highest BCUT2D eigenvalue weighted by atomic mass is 16.5. The van der Waals surface area contributed by atoms with Crippen LogP contribution in [0.25, 0.3) is 0 Å². The second kappa shape index (κ2) is 7.46. The molecule has 2 atom stereocenters. The number of carbonyl (C=O) groups is 1. The van der Waals surface area contributed by atoms with Gasteiger partial charge in [0.1, 0.15) is 0 Å². The van der Waals surface area contributed by atoms with Gasteiger partial charge in [-0.05, 0) is 47.1 Å². The van der Waals surface area contributed by atoms with E-state index >= 15 is 0 Å². The van der Waals surface area contributed by atoms with Crippen molar-refractivity contribution >= 4 is 11.6 Å². The van der Waals surface area contributed by atoms with E-state index in [9.17, 15) is 4.79 Å². The van der Waals surface area contributed by atoms with E-state index in [0.717, 1.165) is 30.1 Å². The summed E-state index contributed by atoms with van der Waals surface area (Å²) in [5.74, 6) is 0.0286. The lowest BCUT2D eigenvalue weighted by Crippen LogP contribution is -2.65. The smallest absolute Gasteiger partial charge is 0.238 e. The Morgan fingerprint density at radius 2 is 2.08 bits per heavy atom. The number of amides is 1. The van der Waals surface area contributed by atoms with Gasteiger partial charge < -0.3 is 10.1 Å². The number of aryl methyl sites for hydroxylation is 2. The zero-order valence-electron chi connectivity index (χ0n) is 16.0. The number of aromatic amines is 1. The Labute approximate surface area is 150 Å². The molecule has 140 valence electrons. The fraction of sp³-hybridized carbons (Fsp3) is 0.789. The van der Waals surface area contributed by atoms with E-state index in [0.29, 0.717) is 18.7 Å². The number of nitrogens with zero attached hydrogens (tertiary/aromatic N) is 2. The zero-order chi connectivity index (χ0) is 18.0. The summed E-state index contributed by atoms with van der Waals surface area (Å²) in [7, 11) is 2.08. The standard InChI is InChI=1S/C19H32N4O2/c1-5-25-16-11-15(19(16)9-7-6-8-10-19)23(4)12-17(24)20-18-13(2)21-22-14(18)3/h15-16H,5-12H2,1-4H3,(H,20,24)(H,21,22)/t15-,16-/m0/s1. The van der Waals surface area contributed by atoms with E-state index in [2.05, 4.69) is 34.4 Å². The van der Waals surface area contributed by atoms with Gasteiger partial charge in [-0.3, -0.25) is 14.8 Å². The first-order valence-electron chi connectivity index (χ1n) is 9.61. The first kappa shape index (κ1) is 18.4. The van der Waals surface area contributed by atoms with Gasteiger partial charge in [0.25, 0.3) is 0 Å². The summed E-state index contributed by atoms with van der Waals surface area (Å²) in [5, 5.41) is 10.1. The Morgan fingerprint density at radius 3 is 2.68 bits per heavy atom. The number of hydrogen-bond acceptors (Lipinski definition) is 4.